The number of aliphatic hydroxyl groups is 1. The average molecular weight is 189 g/mol. The van der Waals surface area contributed by atoms with E-state index in [1.54, 1.807) is 0 Å². The molecule has 0 atom stereocenters. The van der Waals surface area contributed by atoms with Gasteiger partial charge in [0.15, 0.2) is 0 Å². The Morgan fingerprint density at radius 3 is 2.79 bits per heavy atom. The Labute approximate surface area is 83.6 Å². The maximum atomic E-state index is 9.33. The van der Waals surface area contributed by atoms with Crippen molar-refractivity contribution in [3.63, 3.8) is 0 Å². The van der Waals surface area contributed by atoms with E-state index in [2.05, 4.69) is 17.1 Å². The molecule has 2 aromatic rings. The molecule has 14 heavy (non-hydrogen) atoms. The molecular weight excluding hydrogens is 174 g/mol. The lowest BCUT2D eigenvalue weighted by Gasteiger charge is -2.22. The van der Waals surface area contributed by atoms with Crippen LogP contribution >= 0.6 is 0 Å². The van der Waals surface area contributed by atoms with Crippen molar-refractivity contribution >= 4 is 10.9 Å². The van der Waals surface area contributed by atoms with Crippen molar-refractivity contribution in [2.45, 2.75) is 19.3 Å². The minimum atomic E-state index is -0.190. The first-order chi connectivity index (χ1) is 6.65. The van der Waals surface area contributed by atoms with Crippen molar-refractivity contribution in [3.05, 3.63) is 36.0 Å². The predicted molar refractivity (Wildman–Crippen MR) is 58.4 cm³/mol. The molecule has 2 rings (SSSR count). The van der Waals surface area contributed by atoms with E-state index >= 15 is 0 Å². The summed E-state index contributed by atoms with van der Waals surface area (Å²) < 4.78 is 0. The van der Waals surface area contributed by atoms with E-state index in [0.29, 0.717) is 0 Å². The third kappa shape index (κ3) is 1.32. The molecule has 0 saturated heterocycles. The van der Waals surface area contributed by atoms with Gasteiger partial charge in [0.2, 0.25) is 0 Å². The molecule has 1 aromatic heterocycles. The number of benzene rings is 1. The van der Waals surface area contributed by atoms with E-state index in [9.17, 15) is 5.11 Å². The molecule has 0 amide bonds. The molecular formula is C12H15NO. The maximum absolute atomic E-state index is 9.33. The van der Waals surface area contributed by atoms with E-state index in [1.165, 1.54) is 10.9 Å². The van der Waals surface area contributed by atoms with Crippen LogP contribution in [0.4, 0.5) is 0 Å². The number of aromatic amines is 1. The van der Waals surface area contributed by atoms with E-state index in [0.717, 1.165) is 5.52 Å². The number of aliphatic hydroxyl groups excluding tert-OH is 1. The number of para-hydroxylation sites is 1. The van der Waals surface area contributed by atoms with Crippen molar-refractivity contribution in [1.82, 2.24) is 4.98 Å². The molecule has 0 bridgehead atoms. The zero-order chi connectivity index (χ0) is 10.2. The predicted octanol–water partition coefficient (Wildman–Crippen LogP) is 2.44. The Bertz CT molecular complexity index is 442. The SMILES string of the molecule is CC(C)(CO)c1cccc2cc[nH]c12. The van der Waals surface area contributed by atoms with Gasteiger partial charge in [-0.2, -0.15) is 0 Å². The van der Waals surface area contributed by atoms with Gasteiger partial charge in [0.25, 0.3) is 0 Å². The number of hydrogen-bond donors (Lipinski definition) is 2. The van der Waals surface area contributed by atoms with Gasteiger partial charge in [-0.05, 0) is 17.0 Å². The van der Waals surface area contributed by atoms with E-state index < -0.39 is 0 Å². The number of H-pyrrole nitrogens is 1. The number of hydrogen-bond acceptors (Lipinski definition) is 1. The van der Waals surface area contributed by atoms with Crippen molar-refractivity contribution in [2.75, 3.05) is 6.61 Å². The summed E-state index contributed by atoms with van der Waals surface area (Å²) in [5.41, 5.74) is 2.11. The lowest BCUT2D eigenvalue weighted by atomic mass is 9.84. The second-order valence-electron chi connectivity index (χ2n) is 4.29. The van der Waals surface area contributed by atoms with Crippen molar-refractivity contribution in [2.24, 2.45) is 0 Å². The molecule has 0 radical (unpaired) electrons. The van der Waals surface area contributed by atoms with Crippen LogP contribution in [0.3, 0.4) is 0 Å². The lowest BCUT2D eigenvalue weighted by molar-refractivity contribution is 0.219. The second kappa shape index (κ2) is 3.14. The van der Waals surface area contributed by atoms with Gasteiger partial charge in [-0.1, -0.05) is 32.0 Å². The highest BCUT2D eigenvalue weighted by molar-refractivity contribution is 5.83. The molecule has 0 aliphatic heterocycles. The van der Waals surface area contributed by atoms with E-state index in [-0.39, 0.29) is 12.0 Å². The number of aromatic nitrogens is 1. The Kier molecular flexibility index (Phi) is 2.08. The molecule has 2 N–H and O–H groups in total. The highest BCUT2D eigenvalue weighted by Crippen LogP contribution is 2.28. The summed E-state index contributed by atoms with van der Waals surface area (Å²) in [5.74, 6) is 0. The minimum Gasteiger partial charge on any atom is -0.395 e. The summed E-state index contributed by atoms with van der Waals surface area (Å²) in [6, 6.07) is 8.22. The smallest absolute Gasteiger partial charge is 0.0523 e. The van der Waals surface area contributed by atoms with E-state index in [4.69, 9.17) is 0 Å². The monoisotopic (exact) mass is 189 g/mol. The van der Waals surface area contributed by atoms with Crippen LogP contribution in [-0.2, 0) is 5.41 Å². The van der Waals surface area contributed by atoms with Gasteiger partial charge in [-0.15, -0.1) is 0 Å². The largest absolute Gasteiger partial charge is 0.395 e. The Morgan fingerprint density at radius 1 is 1.29 bits per heavy atom. The molecule has 2 nitrogen and oxygen atoms in total. The number of fused-ring (bicyclic) bond motifs is 1. The molecule has 1 aromatic carbocycles. The van der Waals surface area contributed by atoms with Gasteiger partial charge in [-0.3, -0.25) is 0 Å². The first-order valence-electron chi connectivity index (χ1n) is 4.82. The third-order valence-corrected chi connectivity index (χ3v) is 2.71. The Hall–Kier alpha value is -1.28. The van der Waals surface area contributed by atoms with Crippen LogP contribution in [0.5, 0.6) is 0 Å². The molecule has 0 unspecified atom stereocenters. The molecule has 74 valence electrons. The molecule has 1 heterocycles. The Balaban J connectivity index is 2.67. The van der Waals surface area contributed by atoms with Crippen LogP contribution in [0.2, 0.25) is 0 Å². The molecule has 0 saturated carbocycles. The Morgan fingerprint density at radius 2 is 2.07 bits per heavy atom. The van der Waals surface area contributed by atoms with Crippen molar-refractivity contribution < 1.29 is 5.11 Å². The van der Waals surface area contributed by atoms with Crippen LogP contribution < -0.4 is 0 Å². The fourth-order valence-electron chi connectivity index (χ4n) is 1.73. The quantitative estimate of drug-likeness (QED) is 0.747. The average Bonchev–Trinajstić information content (AvgIpc) is 2.64. The third-order valence-electron chi connectivity index (χ3n) is 2.71. The highest BCUT2D eigenvalue weighted by Gasteiger charge is 2.21. The molecule has 0 fully saturated rings. The summed E-state index contributed by atoms with van der Waals surface area (Å²) in [5, 5.41) is 10.5. The maximum Gasteiger partial charge on any atom is 0.0523 e. The van der Waals surface area contributed by atoms with Gasteiger partial charge in [-0.25, -0.2) is 0 Å². The second-order valence-corrected chi connectivity index (χ2v) is 4.29. The highest BCUT2D eigenvalue weighted by atomic mass is 16.3. The minimum absolute atomic E-state index is 0.158. The fourth-order valence-corrected chi connectivity index (χ4v) is 1.73. The van der Waals surface area contributed by atoms with Crippen LogP contribution in [0.1, 0.15) is 19.4 Å². The fraction of sp³-hybridized carbons (Fsp3) is 0.333. The summed E-state index contributed by atoms with van der Waals surface area (Å²) in [4.78, 5) is 3.22. The van der Waals surface area contributed by atoms with Crippen LogP contribution in [0.25, 0.3) is 10.9 Å². The molecule has 0 aliphatic carbocycles. The summed E-state index contributed by atoms with van der Waals surface area (Å²) in [6.07, 6.45) is 1.93. The first kappa shape index (κ1) is 9.28. The van der Waals surface area contributed by atoms with Crippen LogP contribution in [0, 0.1) is 0 Å². The molecule has 0 aliphatic rings. The number of nitrogens with one attached hydrogen (secondary N) is 1. The van der Waals surface area contributed by atoms with Gasteiger partial charge >= 0.3 is 0 Å². The standard InChI is InChI=1S/C12H15NO/c1-12(2,8-14)10-5-3-4-9-6-7-13-11(9)10/h3-7,13-14H,8H2,1-2H3. The normalized spacial score (nSPS) is 12.2. The topological polar surface area (TPSA) is 36.0 Å². The zero-order valence-electron chi connectivity index (χ0n) is 8.54. The summed E-state index contributed by atoms with van der Waals surface area (Å²) in [6.45, 7) is 4.25. The van der Waals surface area contributed by atoms with Gasteiger partial charge < -0.3 is 10.1 Å². The number of rotatable bonds is 2. The first-order valence-corrected chi connectivity index (χ1v) is 4.82. The van der Waals surface area contributed by atoms with Gasteiger partial charge in [0.05, 0.1) is 6.61 Å². The summed E-state index contributed by atoms with van der Waals surface area (Å²) >= 11 is 0. The van der Waals surface area contributed by atoms with Gasteiger partial charge in [0, 0.05) is 17.1 Å². The molecule has 0 spiro atoms. The van der Waals surface area contributed by atoms with Crippen molar-refractivity contribution in [1.29, 1.82) is 0 Å². The van der Waals surface area contributed by atoms with E-state index in [1.807, 2.05) is 32.2 Å². The zero-order valence-corrected chi connectivity index (χ0v) is 8.54. The van der Waals surface area contributed by atoms with Crippen LogP contribution in [0.15, 0.2) is 30.5 Å². The van der Waals surface area contributed by atoms with Gasteiger partial charge in [0.1, 0.15) is 0 Å². The lowest BCUT2D eigenvalue weighted by Crippen LogP contribution is -2.22. The van der Waals surface area contributed by atoms with Crippen LogP contribution in [-0.4, -0.2) is 16.7 Å². The molecule has 2 heteroatoms. The summed E-state index contributed by atoms with van der Waals surface area (Å²) in [7, 11) is 0. The van der Waals surface area contributed by atoms with Crippen molar-refractivity contribution in [3.8, 4) is 0 Å².